The molecule has 1 aliphatic carbocycles. The Morgan fingerprint density at radius 1 is 1.29 bits per heavy atom. The highest BCUT2D eigenvalue weighted by atomic mass is 35.5. The van der Waals surface area contributed by atoms with Crippen LogP contribution in [0, 0.1) is 10.1 Å². The molecule has 2 rings (SSSR count). The zero-order chi connectivity index (χ0) is 15.5. The topological polar surface area (TPSA) is 89.3 Å². The number of benzene rings is 1. The molecule has 1 N–H and O–H groups in total. The van der Waals surface area contributed by atoms with E-state index in [4.69, 9.17) is 11.6 Å². The van der Waals surface area contributed by atoms with Crippen LogP contribution in [0.2, 0.25) is 0 Å². The third-order valence-corrected chi connectivity index (χ3v) is 5.75. The standard InChI is InChI=1S/C13H17ClN2O4S/c14-9-21(19,20)11-6-7-12(13(8-11)16(17)18)15-10-4-2-1-3-5-10/h6-8,10,15H,1-5,9H2. The van der Waals surface area contributed by atoms with E-state index in [-0.39, 0.29) is 16.6 Å². The van der Waals surface area contributed by atoms with Crippen LogP contribution in [0.15, 0.2) is 23.1 Å². The molecule has 1 aromatic carbocycles. The van der Waals surface area contributed by atoms with E-state index in [1.807, 2.05) is 0 Å². The fourth-order valence-corrected chi connectivity index (χ4v) is 3.58. The van der Waals surface area contributed by atoms with Gasteiger partial charge in [0.05, 0.1) is 9.82 Å². The van der Waals surface area contributed by atoms with Crippen LogP contribution in [-0.4, -0.2) is 24.6 Å². The van der Waals surface area contributed by atoms with E-state index in [1.165, 1.54) is 18.6 Å². The molecule has 0 radical (unpaired) electrons. The maximum Gasteiger partial charge on any atom is 0.293 e. The summed E-state index contributed by atoms with van der Waals surface area (Å²) in [6.07, 6.45) is 5.33. The van der Waals surface area contributed by atoms with Crippen LogP contribution < -0.4 is 5.32 Å². The molecule has 6 nitrogen and oxygen atoms in total. The van der Waals surface area contributed by atoms with Crippen LogP contribution in [0.25, 0.3) is 0 Å². The summed E-state index contributed by atoms with van der Waals surface area (Å²) in [5.74, 6) is 0. The van der Waals surface area contributed by atoms with Crippen molar-refractivity contribution >= 4 is 32.8 Å². The summed E-state index contributed by atoms with van der Waals surface area (Å²) in [5, 5.41) is 13.7. The average molecular weight is 333 g/mol. The molecule has 0 unspecified atom stereocenters. The van der Waals surface area contributed by atoms with Crippen molar-refractivity contribution < 1.29 is 13.3 Å². The SMILES string of the molecule is O=[N+]([O-])c1cc(S(=O)(=O)CCl)ccc1NC1CCCCC1. The van der Waals surface area contributed by atoms with Gasteiger partial charge in [-0.2, -0.15) is 0 Å². The number of nitrogens with one attached hydrogen (secondary N) is 1. The van der Waals surface area contributed by atoms with Gasteiger partial charge in [0.2, 0.25) is 0 Å². The van der Waals surface area contributed by atoms with Crippen LogP contribution in [0.1, 0.15) is 32.1 Å². The molecule has 0 spiro atoms. The Morgan fingerprint density at radius 3 is 2.52 bits per heavy atom. The van der Waals surface area contributed by atoms with E-state index in [9.17, 15) is 18.5 Å². The summed E-state index contributed by atoms with van der Waals surface area (Å²) in [4.78, 5) is 10.5. The second-order valence-corrected chi connectivity index (χ2v) is 7.71. The quantitative estimate of drug-likeness (QED) is 0.507. The molecule has 21 heavy (non-hydrogen) atoms. The van der Waals surface area contributed by atoms with Crippen molar-refractivity contribution in [2.75, 3.05) is 10.5 Å². The minimum absolute atomic E-state index is 0.126. The Labute approximate surface area is 128 Å². The fourth-order valence-electron chi connectivity index (χ4n) is 2.51. The number of alkyl halides is 1. The van der Waals surface area contributed by atoms with Gasteiger partial charge in [0, 0.05) is 12.1 Å². The maximum absolute atomic E-state index is 11.7. The Balaban J connectivity index is 2.31. The predicted molar refractivity (Wildman–Crippen MR) is 81.5 cm³/mol. The molecule has 8 heteroatoms. The lowest BCUT2D eigenvalue weighted by Crippen LogP contribution is -2.22. The van der Waals surface area contributed by atoms with Crippen LogP contribution >= 0.6 is 11.6 Å². The van der Waals surface area contributed by atoms with Crippen molar-refractivity contribution in [1.82, 2.24) is 0 Å². The van der Waals surface area contributed by atoms with Gasteiger partial charge in [-0.3, -0.25) is 10.1 Å². The van der Waals surface area contributed by atoms with Crippen LogP contribution in [0.5, 0.6) is 0 Å². The summed E-state index contributed by atoms with van der Waals surface area (Å²) >= 11 is 5.38. The number of sulfone groups is 1. The smallest absolute Gasteiger partial charge is 0.293 e. The monoisotopic (exact) mass is 332 g/mol. The summed E-state index contributed by atoms with van der Waals surface area (Å²) in [7, 11) is -3.67. The van der Waals surface area contributed by atoms with Crippen LogP contribution in [0.3, 0.4) is 0 Å². The normalized spacial score (nSPS) is 16.6. The number of nitrogens with zero attached hydrogens (tertiary/aromatic N) is 1. The average Bonchev–Trinajstić information content (AvgIpc) is 2.48. The van der Waals surface area contributed by atoms with Crippen molar-refractivity contribution in [2.45, 2.75) is 43.0 Å². The number of rotatable bonds is 5. The fraction of sp³-hybridized carbons (Fsp3) is 0.538. The lowest BCUT2D eigenvalue weighted by Gasteiger charge is -2.23. The number of hydrogen-bond donors (Lipinski definition) is 1. The summed E-state index contributed by atoms with van der Waals surface area (Å²) in [6, 6.07) is 4.08. The van der Waals surface area contributed by atoms with Gasteiger partial charge in [-0.05, 0) is 25.0 Å². The van der Waals surface area contributed by atoms with Crippen molar-refractivity contribution in [3.8, 4) is 0 Å². The Kier molecular flexibility index (Phi) is 5.05. The van der Waals surface area contributed by atoms with Gasteiger partial charge in [-0.25, -0.2) is 8.42 Å². The van der Waals surface area contributed by atoms with Gasteiger partial charge in [0.15, 0.2) is 9.84 Å². The Morgan fingerprint density at radius 2 is 1.95 bits per heavy atom. The molecule has 0 aliphatic heterocycles. The largest absolute Gasteiger partial charge is 0.377 e. The van der Waals surface area contributed by atoms with E-state index in [0.717, 1.165) is 31.7 Å². The first-order valence-corrected chi connectivity index (χ1v) is 8.96. The van der Waals surface area contributed by atoms with Crippen molar-refractivity contribution in [1.29, 1.82) is 0 Å². The summed E-state index contributed by atoms with van der Waals surface area (Å²) < 4.78 is 23.4. The van der Waals surface area contributed by atoms with Gasteiger partial charge in [-0.15, -0.1) is 11.6 Å². The first-order valence-electron chi connectivity index (χ1n) is 6.78. The molecule has 0 saturated heterocycles. The molecule has 1 fully saturated rings. The summed E-state index contributed by atoms with van der Waals surface area (Å²) in [5.41, 5.74) is 0.132. The first-order chi connectivity index (χ1) is 9.94. The number of halogens is 1. The highest BCUT2D eigenvalue weighted by Crippen LogP contribution is 2.31. The maximum atomic E-state index is 11.7. The summed E-state index contributed by atoms with van der Waals surface area (Å²) in [6.45, 7) is 0. The van der Waals surface area contributed by atoms with Crippen LogP contribution in [0.4, 0.5) is 11.4 Å². The van der Waals surface area contributed by atoms with E-state index in [2.05, 4.69) is 5.32 Å². The molecule has 1 aromatic rings. The van der Waals surface area contributed by atoms with E-state index >= 15 is 0 Å². The number of nitro benzene ring substituents is 1. The van der Waals surface area contributed by atoms with E-state index < -0.39 is 20.0 Å². The predicted octanol–water partition coefficient (Wildman–Crippen LogP) is 3.31. The van der Waals surface area contributed by atoms with Crippen molar-refractivity contribution in [3.63, 3.8) is 0 Å². The van der Waals surface area contributed by atoms with Gasteiger partial charge >= 0.3 is 0 Å². The number of hydrogen-bond acceptors (Lipinski definition) is 5. The van der Waals surface area contributed by atoms with Gasteiger partial charge in [0.1, 0.15) is 10.9 Å². The first kappa shape index (κ1) is 16.0. The molecular weight excluding hydrogens is 316 g/mol. The zero-order valence-electron chi connectivity index (χ0n) is 11.4. The highest BCUT2D eigenvalue weighted by molar-refractivity contribution is 7.92. The Bertz CT molecular complexity index is 627. The highest BCUT2D eigenvalue weighted by Gasteiger charge is 2.23. The van der Waals surface area contributed by atoms with Crippen molar-refractivity contribution in [2.24, 2.45) is 0 Å². The third kappa shape index (κ3) is 3.85. The molecule has 0 bridgehead atoms. The van der Waals surface area contributed by atoms with Gasteiger partial charge in [-0.1, -0.05) is 19.3 Å². The van der Waals surface area contributed by atoms with Gasteiger partial charge in [0.25, 0.3) is 5.69 Å². The molecule has 116 valence electrons. The van der Waals surface area contributed by atoms with E-state index in [0.29, 0.717) is 5.69 Å². The molecular formula is C13H17ClN2O4S. The lowest BCUT2D eigenvalue weighted by molar-refractivity contribution is -0.384. The van der Waals surface area contributed by atoms with Crippen LogP contribution in [-0.2, 0) is 9.84 Å². The molecule has 1 saturated carbocycles. The third-order valence-electron chi connectivity index (χ3n) is 3.63. The molecule has 0 atom stereocenters. The zero-order valence-corrected chi connectivity index (χ0v) is 13.0. The molecule has 0 heterocycles. The second kappa shape index (κ2) is 6.62. The molecule has 0 amide bonds. The number of nitro groups is 1. The van der Waals surface area contributed by atoms with Crippen molar-refractivity contribution in [3.05, 3.63) is 28.3 Å². The second-order valence-electron chi connectivity index (χ2n) is 5.14. The van der Waals surface area contributed by atoms with Gasteiger partial charge < -0.3 is 5.32 Å². The van der Waals surface area contributed by atoms with E-state index in [1.54, 1.807) is 0 Å². The minimum Gasteiger partial charge on any atom is -0.377 e. The number of anilines is 1. The Hall–Kier alpha value is -1.34. The molecule has 1 aliphatic rings. The lowest BCUT2D eigenvalue weighted by atomic mass is 9.95. The molecule has 0 aromatic heterocycles. The minimum atomic E-state index is -3.67.